The molecule has 0 heterocycles. The Kier molecular flexibility index (Phi) is 4.80. The molecule has 0 aliphatic carbocycles. The highest BCUT2D eigenvalue weighted by molar-refractivity contribution is 6.11. The highest BCUT2D eigenvalue weighted by Crippen LogP contribution is 2.26. The SMILES string of the molecule is Cc1ccc(-c2ccc(F)cc2)cc1NC(=O)c1ccccc1C(=O)O. The van der Waals surface area contributed by atoms with Crippen molar-refractivity contribution in [2.75, 3.05) is 5.32 Å². The maximum Gasteiger partial charge on any atom is 0.336 e. The van der Waals surface area contributed by atoms with Gasteiger partial charge in [0.15, 0.2) is 0 Å². The summed E-state index contributed by atoms with van der Waals surface area (Å²) in [7, 11) is 0. The van der Waals surface area contributed by atoms with E-state index < -0.39 is 11.9 Å². The number of benzene rings is 3. The van der Waals surface area contributed by atoms with E-state index in [0.29, 0.717) is 5.69 Å². The zero-order valence-corrected chi connectivity index (χ0v) is 14.0. The third kappa shape index (κ3) is 3.62. The topological polar surface area (TPSA) is 66.4 Å². The standard InChI is InChI=1S/C21H16FNO3/c1-13-6-7-15(14-8-10-16(22)11-9-14)12-19(13)23-20(24)17-4-2-3-5-18(17)21(25)26/h2-12H,1H3,(H,23,24)(H,25,26). The van der Waals surface area contributed by atoms with Gasteiger partial charge in [0.25, 0.3) is 5.91 Å². The predicted octanol–water partition coefficient (Wildman–Crippen LogP) is 4.75. The van der Waals surface area contributed by atoms with Gasteiger partial charge in [-0.1, -0.05) is 36.4 Å². The number of aryl methyl sites for hydroxylation is 1. The second-order valence-corrected chi connectivity index (χ2v) is 5.84. The summed E-state index contributed by atoms with van der Waals surface area (Å²) in [5.74, 6) is -1.98. The summed E-state index contributed by atoms with van der Waals surface area (Å²) in [6.45, 7) is 1.84. The van der Waals surface area contributed by atoms with Crippen LogP contribution in [0.25, 0.3) is 11.1 Å². The number of hydrogen-bond donors (Lipinski definition) is 2. The van der Waals surface area contributed by atoms with Crippen LogP contribution in [0.1, 0.15) is 26.3 Å². The number of carbonyl (C=O) groups excluding carboxylic acids is 1. The molecule has 0 unspecified atom stereocenters. The number of rotatable bonds is 4. The first-order valence-electron chi connectivity index (χ1n) is 7.96. The summed E-state index contributed by atoms with van der Waals surface area (Å²) >= 11 is 0. The van der Waals surface area contributed by atoms with Gasteiger partial charge in [0, 0.05) is 5.69 Å². The Hall–Kier alpha value is -3.47. The minimum Gasteiger partial charge on any atom is -0.478 e. The van der Waals surface area contributed by atoms with Crippen LogP contribution in [0.5, 0.6) is 0 Å². The molecule has 3 aromatic rings. The fraction of sp³-hybridized carbons (Fsp3) is 0.0476. The van der Waals surface area contributed by atoms with E-state index in [1.54, 1.807) is 30.3 Å². The van der Waals surface area contributed by atoms with Crippen molar-refractivity contribution >= 4 is 17.6 Å². The van der Waals surface area contributed by atoms with Gasteiger partial charge in [0.1, 0.15) is 5.82 Å². The summed E-state index contributed by atoms with van der Waals surface area (Å²) in [5.41, 5.74) is 3.06. The Morgan fingerprint density at radius 3 is 2.15 bits per heavy atom. The fourth-order valence-corrected chi connectivity index (χ4v) is 2.64. The highest BCUT2D eigenvalue weighted by Gasteiger charge is 2.16. The summed E-state index contributed by atoms with van der Waals surface area (Å²) in [5, 5.41) is 12.0. The number of anilines is 1. The van der Waals surface area contributed by atoms with Gasteiger partial charge in [-0.05, 0) is 53.9 Å². The maximum absolute atomic E-state index is 13.1. The van der Waals surface area contributed by atoms with Gasteiger partial charge in [-0.25, -0.2) is 9.18 Å². The zero-order chi connectivity index (χ0) is 18.7. The van der Waals surface area contributed by atoms with Crippen LogP contribution in [0.2, 0.25) is 0 Å². The van der Waals surface area contributed by atoms with E-state index in [0.717, 1.165) is 16.7 Å². The smallest absolute Gasteiger partial charge is 0.336 e. The first kappa shape index (κ1) is 17.4. The molecule has 0 aliphatic heterocycles. The van der Waals surface area contributed by atoms with Gasteiger partial charge in [-0.15, -0.1) is 0 Å². The van der Waals surface area contributed by atoms with Crippen molar-refractivity contribution in [3.05, 3.63) is 89.2 Å². The molecule has 0 spiro atoms. The quantitative estimate of drug-likeness (QED) is 0.714. The second-order valence-electron chi connectivity index (χ2n) is 5.84. The average Bonchev–Trinajstić information content (AvgIpc) is 2.64. The normalized spacial score (nSPS) is 10.4. The predicted molar refractivity (Wildman–Crippen MR) is 97.9 cm³/mol. The molecule has 0 bridgehead atoms. The number of carbonyl (C=O) groups is 2. The molecular formula is C21H16FNO3. The fourth-order valence-electron chi connectivity index (χ4n) is 2.64. The van der Waals surface area contributed by atoms with Gasteiger partial charge < -0.3 is 10.4 Å². The van der Waals surface area contributed by atoms with E-state index in [4.69, 9.17) is 0 Å². The first-order chi connectivity index (χ1) is 12.5. The molecular weight excluding hydrogens is 333 g/mol. The lowest BCUT2D eigenvalue weighted by Crippen LogP contribution is -2.17. The van der Waals surface area contributed by atoms with Crippen molar-refractivity contribution in [1.82, 2.24) is 0 Å². The zero-order valence-electron chi connectivity index (χ0n) is 14.0. The number of nitrogens with one attached hydrogen (secondary N) is 1. The molecule has 0 aliphatic rings. The van der Waals surface area contributed by atoms with Gasteiger partial charge in [-0.2, -0.15) is 0 Å². The Balaban J connectivity index is 1.93. The molecule has 4 nitrogen and oxygen atoms in total. The van der Waals surface area contributed by atoms with E-state index in [2.05, 4.69) is 5.32 Å². The van der Waals surface area contributed by atoms with Gasteiger partial charge in [-0.3, -0.25) is 4.79 Å². The number of carboxylic acid groups (broad SMARTS) is 1. The molecule has 26 heavy (non-hydrogen) atoms. The molecule has 0 saturated carbocycles. The third-order valence-corrected chi connectivity index (χ3v) is 4.07. The molecule has 3 aromatic carbocycles. The molecule has 0 fully saturated rings. The minimum atomic E-state index is -1.16. The number of carboxylic acids is 1. The van der Waals surface area contributed by atoms with E-state index >= 15 is 0 Å². The highest BCUT2D eigenvalue weighted by atomic mass is 19.1. The van der Waals surface area contributed by atoms with Crippen LogP contribution in [-0.2, 0) is 0 Å². The van der Waals surface area contributed by atoms with Crippen LogP contribution >= 0.6 is 0 Å². The van der Waals surface area contributed by atoms with Crippen LogP contribution in [0.15, 0.2) is 66.7 Å². The summed E-state index contributed by atoms with van der Waals surface area (Å²) in [6, 6.07) is 17.6. The third-order valence-electron chi connectivity index (χ3n) is 4.07. The summed E-state index contributed by atoms with van der Waals surface area (Å²) in [6.07, 6.45) is 0. The second kappa shape index (κ2) is 7.19. The molecule has 0 atom stereocenters. The van der Waals surface area contributed by atoms with Gasteiger partial charge in [0.05, 0.1) is 11.1 Å². The largest absolute Gasteiger partial charge is 0.478 e. The van der Waals surface area contributed by atoms with Crippen molar-refractivity contribution in [2.45, 2.75) is 6.92 Å². The van der Waals surface area contributed by atoms with E-state index in [9.17, 15) is 19.1 Å². The lowest BCUT2D eigenvalue weighted by Gasteiger charge is -2.12. The van der Waals surface area contributed by atoms with Crippen LogP contribution in [0.3, 0.4) is 0 Å². The molecule has 1 amide bonds. The van der Waals surface area contributed by atoms with Crippen molar-refractivity contribution < 1.29 is 19.1 Å². The lowest BCUT2D eigenvalue weighted by molar-refractivity contribution is 0.0692. The molecule has 0 radical (unpaired) electrons. The van der Waals surface area contributed by atoms with E-state index in [1.807, 2.05) is 19.1 Å². The molecule has 0 saturated heterocycles. The number of hydrogen-bond acceptors (Lipinski definition) is 2. The Labute approximate surface area is 149 Å². The number of aromatic carboxylic acids is 1. The Bertz CT molecular complexity index is 981. The molecule has 3 rings (SSSR count). The summed E-state index contributed by atoms with van der Waals surface area (Å²) in [4.78, 5) is 23.9. The molecule has 2 N–H and O–H groups in total. The van der Waals surface area contributed by atoms with Crippen LogP contribution < -0.4 is 5.32 Å². The lowest BCUT2D eigenvalue weighted by atomic mass is 10.0. The van der Waals surface area contributed by atoms with Gasteiger partial charge >= 0.3 is 5.97 Å². The average molecular weight is 349 g/mol. The monoisotopic (exact) mass is 349 g/mol. The van der Waals surface area contributed by atoms with Gasteiger partial charge in [0.2, 0.25) is 0 Å². The van der Waals surface area contributed by atoms with Crippen molar-refractivity contribution in [2.24, 2.45) is 0 Å². The maximum atomic E-state index is 13.1. The Morgan fingerprint density at radius 1 is 0.885 bits per heavy atom. The Morgan fingerprint density at radius 2 is 1.50 bits per heavy atom. The minimum absolute atomic E-state index is 0.0580. The van der Waals surface area contributed by atoms with Crippen LogP contribution in [0, 0.1) is 12.7 Å². The van der Waals surface area contributed by atoms with Crippen LogP contribution in [0.4, 0.5) is 10.1 Å². The van der Waals surface area contributed by atoms with E-state index in [1.165, 1.54) is 24.3 Å². The number of amides is 1. The first-order valence-corrected chi connectivity index (χ1v) is 7.96. The molecule has 130 valence electrons. The van der Waals surface area contributed by atoms with Crippen molar-refractivity contribution in [3.8, 4) is 11.1 Å². The van der Waals surface area contributed by atoms with Crippen molar-refractivity contribution in [1.29, 1.82) is 0 Å². The molecule has 5 heteroatoms. The molecule has 0 aromatic heterocycles. The van der Waals surface area contributed by atoms with Crippen molar-refractivity contribution in [3.63, 3.8) is 0 Å². The van der Waals surface area contributed by atoms with Crippen LogP contribution in [-0.4, -0.2) is 17.0 Å². The summed E-state index contributed by atoms with van der Waals surface area (Å²) < 4.78 is 13.1. The number of halogens is 1. The van der Waals surface area contributed by atoms with E-state index in [-0.39, 0.29) is 16.9 Å².